The molecule has 2 rings (SSSR count). The summed E-state index contributed by atoms with van der Waals surface area (Å²) in [6.45, 7) is 3.44. The molecule has 0 aromatic rings. The van der Waals surface area contributed by atoms with E-state index >= 15 is 0 Å². The van der Waals surface area contributed by atoms with Crippen LogP contribution in [-0.2, 0) is 9.59 Å². The first-order valence-electron chi connectivity index (χ1n) is 5.27. The van der Waals surface area contributed by atoms with Crippen LogP contribution in [0.4, 0.5) is 0 Å². The molecule has 0 saturated heterocycles. The fraction of sp³-hybridized carbons (Fsp3) is 0.636. The number of nitrogens with zero attached hydrogens (tertiary/aromatic N) is 1. The van der Waals surface area contributed by atoms with Crippen LogP contribution in [0.25, 0.3) is 0 Å². The number of rotatable bonds is 2. The van der Waals surface area contributed by atoms with Gasteiger partial charge in [-0.2, -0.15) is 0 Å². The molecular formula is C11H15NO3. The van der Waals surface area contributed by atoms with E-state index in [-0.39, 0.29) is 11.8 Å². The Morgan fingerprint density at radius 2 is 2.20 bits per heavy atom. The molecule has 0 bridgehead atoms. The van der Waals surface area contributed by atoms with Crippen LogP contribution in [0.15, 0.2) is 11.6 Å². The lowest BCUT2D eigenvalue weighted by Gasteiger charge is -2.25. The molecule has 0 aromatic carbocycles. The molecule has 2 atom stereocenters. The van der Waals surface area contributed by atoms with Crippen molar-refractivity contribution in [2.24, 2.45) is 11.8 Å². The molecule has 1 N–H and O–H groups in total. The van der Waals surface area contributed by atoms with Gasteiger partial charge in [0, 0.05) is 13.1 Å². The summed E-state index contributed by atoms with van der Waals surface area (Å²) in [5.74, 6) is -1.50. The summed E-state index contributed by atoms with van der Waals surface area (Å²) in [5, 5.41) is 8.73. The van der Waals surface area contributed by atoms with Gasteiger partial charge in [0.05, 0.1) is 11.8 Å². The molecule has 15 heavy (non-hydrogen) atoms. The van der Waals surface area contributed by atoms with Crippen molar-refractivity contribution < 1.29 is 14.7 Å². The van der Waals surface area contributed by atoms with Gasteiger partial charge in [0.25, 0.3) is 0 Å². The highest BCUT2D eigenvalue weighted by Gasteiger charge is 2.49. The number of hydrogen-bond donors (Lipinski definition) is 1. The van der Waals surface area contributed by atoms with Gasteiger partial charge in [-0.05, 0) is 19.8 Å². The smallest absolute Gasteiger partial charge is 0.307 e. The maximum Gasteiger partial charge on any atom is 0.307 e. The number of carboxylic acid groups (broad SMARTS) is 1. The monoisotopic (exact) mass is 209 g/mol. The minimum atomic E-state index is -0.836. The Morgan fingerprint density at radius 1 is 1.47 bits per heavy atom. The van der Waals surface area contributed by atoms with Crippen molar-refractivity contribution >= 4 is 11.9 Å². The summed E-state index contributed by atoms with van der Waals surface area (Å²) in [7, 11) is 0. The molecule has 1 heterocycles. The maximum absolute atomic E-state index is 11.8. The molecular weight excluding hydrogens is 194 g/mol. The first-order chi connectivity index (χ1) is 7.09. The second kappa shape index (κ2) is 3.68. The Morgan fingerprint density at radius 3 is 2.67 bits per heavy atom. The molecule has 0 spiro atoms. The third-order valence-corrected chi connectivity index (χ3v) is 3.17. The van der Waals surface area contributed by atoms with Gasteiger partial charge in [-0.15, -0.1) is 0 Å². The zero-order valence-electron chi connectivity index (χ0n) is 8.77. The number of aliphatic carboxylic acids is 1. The van der Waals surface area contributed by atoms with Gasteiger partial charge in [-0.3, -0.25) is 9.59 Å². The minimum absolute atomic E-state index is 0.0196. The molecule has 1 aliphatic heterocycles. The molecule has 1 fully saturated rings. The van der Waals surface area contributed by atoms with E-state index in [1.807, 2.05) is 6.08 Å². The highest BCUT2D eigenvalue weighted by molar-refractivity contribution is 5.89. The summed E-state index contributed by atoms with van der Waals surface area (Å²) in [5.41, 5.74) is 1.31. The first-order valence-corrected chi connectivity index (χ1v) is 5.27. The molecule has 0 aromatic heterocycles. The number of carbonyl (C=O) groups excluding carboxylic acids is 1. The van der Waals surface area contributed by atoms with Crippen LogP contribution in [0.1, 0.15) is 19.8 Å². The van der Waals surface area contributed by atoms with E-state index in [9.17, 15) is 9.59 Å². The fourth-order valence-corrected chi connectivity index (χ4v) is 1.95. The van der Waals surface area contributed by atoms with E-state index in [0.29, 0.717) is 13.0 Å². The van der Waals surface area contributed by atoms with Crippen molar-refractivity contribution in [3.8, 4) is 0 Å². The van der Waals surface area contributed by atoms with Crippen LogP contribution >= 0.6 is 0 Å². The highest BCUT2D eigenvalue weighted by Crippen LogP contribution is 2.40. The van der Waals surface area contributed by atoms with Gasteiger partial charge in [0.15, 0.2) is 0 Å². The van der Waals surface area contributed by atoms with E-state index in [0.717, 1.165) is 13.0 Å². The summed E-state index contributed by atoms with van der Waals surface area (Å²) in [6, 6.07) is 0. The maximum atomic E-state index is 11.8. The van der Waals surface area contributed by atoms with Gasteiger partial charge in [-0.1, -0.05) is 11.6 Å². The molecule has 0 radical (unpaired) electrons. The van der Waals surface area contributed by atoms with Crippen LogP contribution in [0.2, 0.25) is 0 Å². The average molecular weight is 209 g/mol. The van der Waals surface area contributed by atoms with Crippen molar-refractivity contribution in [2.75, 3.05) is 13.1 Å². The Labute approximate surface area is 88.6 Å². The van der Waals surface area contributed by atoms with Gasteiger partial charge < -0.3 is 10.0 Å². The van der Waals surface area contributed by atoms with Gasteiger partial charge >= 0.3 is 5.97 Å². The second-order valence-electron chi connectivity index (χ2n) is 4.37. The SMILES string of the molecule is CC1=CCN(C(=O)C2CC2C(=O)O)CC1. The van der Waals surface area contributed by atoms with Crippen molar-refractivity contribution in [3.05, 3.63) is 11.6 Å². The Hall–Kier alpha value is -1.32. The lowest BCUT2D eigenvalue weighted by Crippen LogP contribution is -2.36. The zero-order valence-corrected chi connectivity index (χ0v) is 8.77. The van der Waals surface area contributed by atoms with Crippen LogP contribution in [0.3, 0.4) is 0 Å². The normalized spacial score (nSPS) is 29.7. The van der Waals surface area contributed by atoms with Crippen molar-refractivity contribution in [3.63, 3.8) is 0 Å². The molecule has 4 nitrogen and oxygen atoms in total. The largest absolute Gasteiger partial charge is 0.481 e. The summed E-state index contributed by atoms with van der Waals surface area (Å²) in [6.07, 6.45) is 3.48. The summed E-state index contributed by atoms with van der Waals surface area (Å²) in [4.78, 5) is 24.2. The van der Waals surface area contributed by atoms with Crippen LogP contribution < -0.4 is 0 Å². The number of carbonyl (C=O) groups is 2. The van der Waals surface area contributed by atoms with Crippen LogP contribution in [0.5, 0.6) is 0 Å². The van der Waals surface area contributed by atoms with E-state index in [1.165, 1.54) is 5.57 Å². The third kappa shape index (κ3) is 2.03. The molecule has 1 saturated carbocycles. The highest BCUT2D eigenvalue weighted by atomic mass is 16.4. The third-order valence-electron chi connectivity index (χ3n) is 3.17. The second-order valence-corrected chi connectivity index (χ2v) is 4.37. The Balaban J connectivity index is 1.91. The Kier molecular flexibility index (Phi) is 2.50. The van der Waals surface area contributed by atoms with Crippen molar-refractivity contribution in [1.82, 2.24) is 4.90 Å². The van der Waals surface area contributed by atoms with Crippen molar-refractivity contribution in [2.45, 2.75) is 19.8 Å². The van der Waals surface area contributed by atoms with Gasteiger partial charge in [0.1, 0.15) is 0 Å². The number of amides is 1. The summed E-state index contributed by atoms with van der Waals surface area (Å²) < 4.78 is 0. The molecule has 2 aliphatic rings. The standard InChI is InChI=1S/C11H15NO3/c1-7-2-4-12(5-3-7)10(13)8-6-9(8)11(14)15/h2,8-9H,3-6H2,1H3,(H,14,15). The van der Waals surface area contributed by atoms with E-state index in [4.69, 9.17) is 5.11 Å². The number of carboxylic acids is 1. The predicted octanol–water partition coefficient (Wildman–Crippen LogP) is 0.886. The number of hydrogen-bond acceptors (Lipinski definition) is 2. The Bertz CT molecular complexity index is 335. The average Bonchev–Trinajstić information content (AvgIpc) is 2.97. The van der Waals surface area contributed by atoms with Crippen LogP contribution in [-0.4, -0.2) is 35.0 Å². The lowest BCUT2D eigenvalue weighted by atomic mass is 10.1. The first kappa shape index (κ1) is 10.2. The molecule has 82 valence electrons. The zero-order chi connectivity index (χ0) is 11.0. The van der Waals surface area contributed by atoms with Crippen molar-refractivity contribution in [1.29, 1.82) is 0 Å². The topological polar surface area (TPSA) is 57.6 Å². The molecule has 4 heteroatoms. The van der Waals surface area contributed by atoms with Crippen LogP contribution in [0, 0.1) is 11.8 Å². The van der Waals surface area contributed by atoms with Gasteiger partial charge in [-0.25, -0.2) is 0 Å². The van der Waals surface area contributed by atoms with E-state index in [1.54, 1.807) is 4.90 Å². The minimum Gasteiger partial charge on any atom is -0.481 e. The fourth-order valence-electron chi connectivity index (χ4n) is 1.95. The van der Waals surface area contributed by atoms with E-state index < -0.39 is 11.9 Å². The lowest BCUT2D eigenvalue weighted by molar-refractivity contribution is -0.141. The van der Waals surface area contributed by atoms with E-state index in [2.05, 4.69) is 6.92 Å². The molecule has 1 amide bonds. The molecule has 1 aliphatic carbocycles. The quantitative estimate of drug-likeness (QED) is 0.687. The molecule has 2 unspecified atom stereocenters. The summed E-state index contributed by atoms with van der Waals surface area (Å²) >= 11 is 0. The predicted molar refractivity (Wildman–Crippen MR) is 54.2 cm³/mol. The van der Waals surface area contributed by atoms with Gasteiger partial charge in [0.2, 0.25) is 5.91 Å².